The molecule has 0 unspecified atom stereocenters. The number of anilines is 2. The van der Waals surface area contributed by atoms with Crippen molar-refractivity contribution >= 4 is 23.5 Å². The number of para-hydroxylation sites is 1. The van der Waals surface area contributed by atoms with Crippen molar-refractivity contribution in [3.05, 3.63) is 51.4 Å². The zero-order chi connectivity index (χ0) is 25.1. The lowest BCUT2D eigenvalue weighted by molar-refractivity contribution is -0.133. The van der Waals surface area contributed by atoms with E-state index in [9.17, 15) is 14.4 Å². The molecule has 36 heavy (non-hydrogen) atoms. The molecule has 2 saturated heterocycles. The van der Waals surface area contributed by atoms with Crippen molar-refractivity contribution < 1.29 is 14.3 Å². The van der Waals surface area contributed by atoms with Gasteiger partial charge in [-0.05, 0) is 31.4 Å². The molecule has 2 fully saturated rings. The fourth-order valence-electron chi connectivity index (χ4n) is 5.23. The second-order valence-corrected chi connectivity index (χ2v) is 9.63. The molecule has 5 rings (SSSR count). The normalized spacial score (nSPS) is 18.4. The molecule has 0 bridgehead atoms. The first kappa shape index (κ1) is 24.5. The number of carbonyl (C=O) groups excluding carboxylic acids is 2. The van der Waals surface area contributed by atoms with Crippen molar-refractivity contribution in [3.8, 4) is 0 Å². The number of morpholine rings is 1. The van der Waals surface area contributed by atoms with Crippen LogP contribution in [0.2, 0.25) is 0 Å². The summed E-state index contributed by atoms with van der Waals surface area (Å²) in [7, 11) is 0. The van der Waals surface area contributed by atoms with Crippen LogP contribution in [0.1, 0.15) is 23.2 Å². The number of hydrogen-bond donors (Lipinski definition) is 1. The number of rotatable bonds is 6. The molecule has 0 spiro atoms. The molecule has 10 heteroatoms. The number of aryl methyl sites for hydroxylation is 1. The summed E-state index contributed by atoms with van der Waals surface area (Å²) in [6.45, 7) is 8.08. The number of hydrogen-bond acceptors (Lipinski definition) is 7. The zero-order valence-electron chi connectivity index (χ0n) is 20.9. The van der Waals surface area contributed by atoms with Crippen LogP contribution in [-0.4, -0.2) is 97.2 Å². The Bertz CT molecular complexity index is 1170. The van der Waals surface area contributed by atoms with Gasteiger partial charge in [0.1, 0.15) is 0 Å². The number of aromatic amines is 1. The second-order valence-electron chi connectivity index (χ2n) is 9.63. The molecule has 3 aliphatic rings. The molecule has 2 amide bonds. The van der Waals surface area contributed by atoms with Crippen LogP contribution in [0.4, 0.5) is 11.6 Å². The number of benzene rings is 1. The Hall–Kier alpha value is -3.24. The average molecular weight is 495 g/mol. The maximum Gasteiger partial charge on any atom is 0.255 e. The third-order valence-electron chi connectivity index (χ3n) is 7.38. The lowest BCUT2D eigenvalue weighted by Gasteiger charge is -2.35. The lowest BCUT2D eigenvalue weighted by atomic mass is 10.1. The fraction of sp³-hybridized carbons (Fsp3) is 0.538. The molecule has 0 aliphatic carbocycles. The van der Waals surface area contributed by atoms with E-state index in [1.54, 1.807) is 0 Å². The number of carbonyl (C=O) groups is 2. The Morgan fingerprint density at radius 2 is 1.75 bits per heavy atom. The van der Waals surface area contributed by atoms with Gasteiger partial charge in [0.05, 0.1) is 19.8 Å². The number of aromatic nitrogens is 2. The van der Waals surface area contributed by atoms with E-state index >= 15 is 0 Å². The van der Waals surface area contributed by atoms with Gasteiger partial charge in [-0.3, -0.25) is 24.3 Å². The predicted molar refractivity (Wildman–Crippen MR) is 136 cm³/mol. The largest absolute Gasteiger partial charge is 0.378 e. The third kappa shape index (κ3) is 5.29. The first-order valence-electron chi connectivity index (χ1n) is 12.8. The van der Waals surface area contributed by atoms with Gasteiger partial charge >= 0.3 is 0 Å². The quantitative estimate of drug-likeness (QED) is 0.627. The Morgan fingerprint density at radius 1 is 1.00 bits per heavy atom. The van der Waals surface area contributed by atoms with E-state index in [0.29, 0.717) is 82.7 Å². The van der Waals surface area contributed by atoms with Crippen molar-refractivity contribution in [2.45, 2.75) is 26.2 Å². The van der Waals surface area contributed by atoms with E-state index in [1.165, 1.54) is 5.56 Å². The first-order chi connectivity index (χ1) is 17.5. The summed E-state index contributed by atoms with van der Waals surface area (Å²) in [5.74, 6) is 0.715. The molecule has 192 valence electrons. The van der Waals surface area contributed by atoms with Gasteiger partial charge in [0.15, 0.2) is 0 Å². The summed E-state index contributed by atoms with van der Waals surface area (Å²) < 4.78 is 5.36. The van der Waals surface area contributed by atoms with Crippen molar-refractivity contribution in [2.24, 2.45) is 0 Å². The molecular formula is C26H34N6O4. The molecular weight excluding hydrogens is 460 g/mol. The maximum atomic E-state index is 12.9. The lowest BCUT2D eigenvalue weighted by Crippen LogP contribution is -2.51. The summed E-state index contributed by atoms with van der Waals surface area (Å²) in [4.78, 5) is 53.8. The highest BCUT2D eigenvalue weighted by Gasteiger charge is 2.28. The number of fused-ring (bicyclic) bond motifs is 1. The average Bonchev–Trinajstić information content (AvgIpc) is 3.33. The molecule has 1 N–H and O–H groups in total. The summed E-state index contributed by atoms with van der Waals surface area (Å²) in [6, 6.07) is 8.07. The Kier molecular flexibility index (Phi) is 7.33. The van der Waals surface area contributed by atoms with E-state index < -0.39 is 0 Å². The summed E-state index contributed by atoms with van der Waals surface area (Å²) in [5.41, 5.74) is 3.30. The van der Waals surface area contributed by atoms with E-state index in [1.807, 2.05) is 39.8 Å². The van der Waals surface area contributed by atoms with Crippen LogP contribution in [0, 0.1) is 6.92 Å². The first-order valence-corrected chi connectivity index (χ1v) is 12.8. The van der Waals surface area contributed by atoms with Gasteiger partial charge in [0.25, 0.3) is 5.56 Å². The van der Waals surface area contributed by atoms with Crippen molar-refractivity contribution in [3.63, 3.8) is 0 Å². The number of amides is 2. The minimum atomic E-state index is -0.177. The van der Waals surface area contributed by atoms with E-state index in [0.717, 1.165) is 18.7 Å². The highest BCUT2D eigenvalue weighted by Crippen LogP contribution is 2.27. The van der Waals surface area contributed by atoms with Crippen LogP contribution in [0.25, 0.3) is 0 Å². The van der Waals surface area contributed by atoms with E-state index in [2.05, 4.69) is 20.9 Å². The van der Waals surface area contributed by atoms with Crippen molar-refractivity contribution in [2.75, 3.05) is 75.4 Å². The smallest absolute Gasteiger partial charge is 0.255 e. The van der Waals surface area contributed by atoms with Gasteiger partial charge in [-0.25, -0.2) is 4.98 Å². The molecule has 4 heterocycles. The third-order valence-corrected chi connectivity index (χ3v) is 7.38. The number of ether oxygens (including phenoxy) is 1. The molecule has 2 aromatic rings. The molecule has 10 nitrogen and oxygen atoms in total. The van der Waals surface area contributed by atoms with Crippen LogP contribution in [0.3, 0.4) is 0 Å². The van der Waals surface area contributed by atoms with E-state index in [-0.39, 0.29) is 23.8 Å². The molecule has 1 aromatic carbocycles. The molecule has 3 aliphatic heterocycles. The molecule has 0 radical (unpaired) electrons. The Labute approximate surface area is 210 Å². The van der Waals surface area contributed by atoms with Gasteiger partial charge < -0.3 is 19.4 Å². The number of piperazine rings is 1. The van der Waals surface area contributed by atoms with Crippen LogP contribution >= 0.6 is 0 Å². The topological polar surface area (TPSA) is 102 Å². The van der Waals surface area contributed by atoms with Gasteiger partial charge in [-0.1, -0.05) is 18.2 Å². The van der Waals surface area contributed by atoms with Crippen molar-refractivity contribution in [1.29, 1.82) is 0 Å². The maximum absolute atomic E-state index is 12.9. The summed E-state index contributed by atoms with van der Waals surface area (Å²) in [6.07, 6.45) is 1.54. The van der Waals surface area contributed by atoms with Crippen LogP contribution in [-0.2, 0) is 27.2 Å². The summed E-state index contributed by atoms with van der Waals surface area (Å²) in [5, 5.41) is 0. The zero-order valence-corrected chi connectivity index (χ0v) is 20.9. The minimum Gasteiger partial charge on any atom is -0.378 e. The van der Waals surface area contributed by atoms with Crippen molar-refractivity contribution in [1.82, 2.24) is 19.8 Å². The summed E-state index contributed by atoms with van der Waals surface area (Å²) >= 11 is 0. The second kappa shape index (κ2) is 10.8. The number of nitrogens with zero attached hydrogens (tertiary/aromatic N) is 5. The molecule has 0 atom stereocenters. The number of nitrogens with one attached hydrogen (secondary N) is 1. The monoisotopic (exact) mass is 494 g/mol. The standard InChI is InChI=1S/C26H34N6O4/c1-19-21(25(35)28-26(27-19)31-14-16-36-17-15-31)6-7-23(33)30-12-10-29(11-13-30)18-24(34)32-9-8-20-4-2-3-5-22(20)32/h2-5H,6-18H2,1H3,(H,27,28,35). The Balaban J connectivity index is 1.10. The molecule has 1 aromatic heterocycles. The van der Waals surface area contributed by atoms with Gasteiger partial charge in [0, 0.05) is 69.2 Å². The SMILES string of the molecule is Cc1nc(N2CCOCC2)[nH]c(=O)c1CCC(=O)N1CCN(CC(=O)N2CCc3ccccc32)CC1. The van der Waals surface area contributed by atoms with Gasteiger partial charge in [-0.15, -0.1) is 0 Å². The highest BCUT2D eigenvalue weighted by molar-refractivity contribution is 5.96. The van der Waals surface area contributed by atoms with Crippen LogP contribution in [0.15, 0.2) is 29.1 Å². The minimum absolute atomic E-state index is 0.0329. The number of H-pyrrole nitrogens is 1. The van der Waals surface area contributed by atoms with Gasteiger partial charge in [0.2, 0.25) is 17.8 Å². The molecule has 0 saturated carbocycles. The highest BCUT2D eigenvalue weighted by atomic mass is 16.5. The van der Waals surface area contributed by atoms with E-state index in [4.69, 9.17) is 4.74 Å². The van der Waals surface area contributed by atoms with Crippen LogP contribution in [0.5, 0.6) is 0 Å². The van der Waals surface area contributed by atoms with Crippen LogP contribution < -0.4 is 15.4 Å². The Morgan fingerprint density at radius 3 is 2.50 bits per heavy atom. The van der Waals surface area contributed by atoms with Gasteiger partial charge in [-0.2, -0.15) is 0 Å². The predicted octanol–water partition coefficient (Wildman–Crippen LogP) is 0.581. The fourth-order valence-corrected chi connectivity index (χ4v) is 5.23.